The number of carbonyl (C=O) groups excluding carboxylic acids is 3. The summed E-state index contributed by atoms with van der Waals surface area (Å²) in [5.41, 5.74) is 0. The molecule has 0 unspecified atom stereocenters. The number of ether oxygens (including phenoxy) is 2. The highest BCUT2D eigenvalue weighted by Crippen LogP contribution is 2.14. The van der Waals surface area contributed by atoms with Gasteiger partial charge in [0, 0.05) is 19.5 Å². The Morgan fingerprint density at radius 1 is 1.12 bits per heavy atom. The van der Waals surface area contributed by atoms with Crippen molar-refractivity contribution in [2.45, 2.75) is 30.4 Å². The van der Waals surface area contributed by atoms with Gasteiger partial charge < -0.3 is 14.8 Å². The summed E-state index contributed by atoms with van der Waals surface area (Å²) < 4.78 is 35.6. The van der Waals surface area contributed by atoms with Crippen molar-refractivity contribution >= 4 is 39.2 Å². The van der Waals surface area contributed by atoms with Crippen LogP contribution in [0.2, 0.25) is 0 Å². The number of hydrogen-bond donors (Lipinski definition) is 2. The van der Waals surface area contributed by atoms with Crippen LogP contribution in [-0.4, -0.2) is 52.6 Å². The van der Waals surface area contributed by atoms with Crippen molar-refractivity contribution in [1.82, 2.24) is 10.0 Å². The van der Waals surface area contributed by atoms with Crippen LogP contribution in [0, 0.1) is 0 Å². The molecule has 0 saturated carbocycles. The number of nitrogens with one attached hydrogen (secondary N) is 2. The third-order valence-electron chi connectivity index (χ3n) is 2.93. The van der Waals surface area contributed by atoms with Gasteiger partial charge in [-0.05, 0) is 24.8 Å². The normalized spacial score (nSPS) is 11.0. The van der Waals surface area contributed by atoms with Crippen LogP contribution < -0.4 is 10.0 Å². The fourth-order valence-electron chi connectivity index (χ4n) is 1.74. The number of esters is 2. The summed E-state index contributed by atoms with van der Waals surface area (Å²) in [6, 6.07) is 3.07. The van der Waals surface area contributed by atoms with Crippen molar-refractivity contribution in [2.24, 2.45) is 0 Å². The number of hydrogen-bond acceptors (Lipinski definition) is 8. The number of sulfonamides is 1. The van der Waals surface area contributed by atoms with Gasteiger partial charge in [0.15, 0.2) is 6.61 Å². The Balaban J connectivity index is 2.12. The molecule has 1 amide bonds. The maximum atomic E-state index is 11.8. The summed E-state index contributed by atoms with van der Waals surface area (Å²) in [6.07, 6.45) is 0.419. The predicted molar refractivity (Wildman–Crippen MR) is 94.0 cm³/mol. The zero-order valence-electron chi connectivity index (χ0n) is 14.4. The largest absolute Gasteiger partial charge is 0.466 e. The second-order valence-electron chi connectivity index (χ2n) is 5.00. The third-order valence-corrected chi connectivity index (χ3v) is 5.79. The highest BCUT2D eigenvalue weighted by Gasteiger charge is 2.15. The van der Waals surface area contributed by atoms with E-state index in [2.05, 4.69) is 10.0 Å². The van der Waals surface area contributed by atoms with Crippen molar-refractivity contribution in [3.63, 3.8) is 0 Å². The summed E-state index contributed by atoms with van der Waals surface area (Å²) in [7, 11) is -3.63. The summed E-state index contributed by atoms with van der Waals surface area (Å²) in [5, 5.41) is 4.13. The molecular weight excluding hydrogens is 384 g/mol. The van der Waals surface area contributed by atoms with E-state index in [1.54, 1.807) is 18.4 Å². The van der Waals surface area contributed by atoms with E-state index in [0.717, 1.165) is 11.3 Å². The molecule has 2 N–H and O–H groups in total. The van der Waals surface area contributed by atoms with Crippen LogP contribution in [0.25, 0.3) is 0 Å². The lowest BCUT2D eigenvalue weighted by Gasteiger charge is -2.07. The molecule has 0 radical (unpaired) electrons. The molecule has 0 saturated heterocycles. The van der Waals surface area contributed by atoms with Gasteiger partial charge in [-0.25, -0.2) is 13.1 Å². The lowest BCUT2D eigenvalue weighted by atomic mass is 10.3. The summed E-state index contributed by atoms with van der Waals surface area (Å²) in [5.74, 6) is -1.53. The van der Waals surface area contributed by atoms with Crippen LogP contribution in [0.4, 0.5) is 0 Å². The lowest BCUT2D eigenvalue weighted by molar-refractivity contribution is -0.148. The topological polar surface area (TPSA) is 128 Å². The monoisotopic (exact) mass is 406 g/mol. The number of rotatable bonds is 12. The van der Waals surface area contributed by atoms with Crippen molar-refractivity contribution in [2.75, 3.05) is 26.3 Å². The molecule has 0 bridgehead atoms. The highest BCUT2D eigenvalue weighted by atomic mass is 32.2. The molecule has 1 aromatic heterocycles. The Labute approximate surface area is 156 Å². The van der Waals surface area contributed by atoms with Gasteiger partial charge in [-0.2, -0.15) is 0 Å². The Hall–Kier alpha value is -1.98. The molecule has 1 rings (SSSR count). The molecule has 0 aliphatic carbocycles. The molecule has 0 aliphatic rings. The van der Waals surface area contributed by atoms with E-state index < -0.39 is 28.5 Å². The van der Waals surface area contributed by atoms with Crippen LogP contribution in [0.3, 0.4) is 0 Å². The van der Waals surface area contributed by atoms with E-state index in [-0.39, 0.29) is 36.1 Å². The van der Waals surface area contributed by atoms with Crippen LogP contribution >= 0.6 is 11.3 Å². The molecule has 0 spiro atoms. The van der Waals surface area contributed by atoms with Crippen molar-refractivity contribution < 1.29 is 32.3 Å². The standard InChI is InChI=1S/C15H22N2O7S2/c1-2-23-13(19)5-3-8-16-12(18)11-24-14(20)7-9-17-26(21,22)15-6-4-10-25-15/h4,6,10,17H,2-3,5,7-9,11H2,1H3,(H,16,18). The predicted octanol–water partition coefficient (Wildman–Crippen LogP) is 0.419. The first-order valence-electron chi connectivity index (χ1n) is 7.96. The molecule has 0 aromatic carbocycles. The Kier molecular flexibility index (Phi) is 9.84. The minimum atomic E-state index is -3.63. The molecule has 1 aromatic rings. The average Bonchev–Trinajstić information content (AvgIpc) is 3.12. The third kappa shape index (κ3) is 8.92. The minimum absolute atomic E-state index is 0.125. The van der Waals surface area contributed by atoms with E-state index in [1.165, 1.54) is 6.07 Å². The quantitative estimate of drug-likeness (QED) is 0.380. The molecule has 11 heteroatoms. The zero-order chi connectivity index (χ0) is 19.4. The van der Waals surface area contributed by atoms with Gasteiger partial charge in [0.2, 0.25) is 10.0 Å². The van der Waals surface area contributed by atoms with E-state index in [9.17, 15) is 22.8 Å². The zero-order valence-corrected chi connectivity index (χ0v) is 16.0. The fourth-order valence-corrected chi connectivity index (χ4v) is 3.81. The molecule has 9 nitrogen and oxygen atoms in total. The van der Waals surface area contributed by atoms with E-state index in [1.807, 2.05) is 0 Å². The lowest BCUT2D eigenvalue weighted by Crippen LogP contribution is -2.31. The summed E-state index contributed by atoms with van der Waals surface area (Å²) >= 11 is 1.07. The molecule has 26 heavy (non-hydrogen) atoms. The molecule has 0 atom stereocenters. The molecular formula is C15H22N2O7S2. The Morgan fingerprint density at radius 3 is 2.50 bits per heavy atom. The molecule has 1 heterocycles. The van der Waals surface area contributed by atoms with Crippen LogP contribution in [0.1, 0.15) is 26.2 Å². The van der Waals surface area contributed by atoms with Crippen LogP contribution in [0.15, 0.2) is 21.7 Å². The van der Waals surface area contributed by atoms with Gasteiger partial charge in [-0.3, -0.25) is 14.4 Å². The molecule has 0 aliphatic heterocycles. The van der Waals surface area contributed by atoms with Crippen molar-refractivity contribution in [3.05, 3.63) is 17.5 Å². The first-order chi connectivity index (χ1) is 12.3. The van der Waals surface area contributed by atoms with E-state index >= 15 is 0 Å². The summed E-state index contributed by atoms with van der Waals surface area (Å²) in [4.78, 5) is 34.1. The van der Waals surface area contributed by atoms with Gasteiger partial charge >= 0.3 is 11.9 Å². The highest BCUT2D eigenvalue weighted by molar-refractivity contribution is 7.91. The number of carbonyl (C=O) groups is 3. The Bertz CT molecular complexity index is 687. The maximum absolute atomic E-state index is 11.8. The second-order valence-corrected chi connectivity index (χ2v) is 7.94. The fraction of sp³-hybridized carbons (Fsp3) is 0.533. The van der Waals surface area contributed by atoms with Crippen LogP contribution in [0.5, 0.6) is 0 Å². The van der Waals surface area contributed by atoms with Crippen LogP contribution in [-0.2, 0) is 33.9 Å². The first-order valence-corrected chi connectivity index (χ1v) is 10.3. The van der Waals surface area contributed by atoms with Crippen molar-refractivity contribution in [1.29, 1.82) is 0 Å². The van der Waals surface area contributed by atoms with Gasteiger partial charge in [0.05, 0.1) is 13.0 Å². The summed E-state index contributed by atoms with van der Waals surface area (Å²) in [6.45, 7) is 1.69. The van der Waals surface area contributed by atoms with E-state index in [0.29, 0.717) is 13.0 Å². The maximum Gasteiger partial charge on any atom is 0.307 e. The number of amides is 1. The van der Waals surface area contributed by atoms with Gasteiger partial charge in [-0.15, -0.1) is 11.3 Å². The van der Waals surface area contributed by atoms with E-state index in [4.69, 9.17) is 9.47 Å². The number of thiophene rings is 1. The SMILES string of the molecule is CCOC(=O)CCCNC(=O)COC(=O)CCNS(=O)(=O)c1cccs1. The van der Waals surface area contributed by atoms with Gasteiger partial charge in [0.1, 0.15) is 4.21 Å². The first kappa shape index (κ1) is 22.1. The smallest absolute Gasteiger partial charge is 0.307 e. The second kappa shape index (κ2) is 11.6. The van der Waals surface area contributed by atoms with Crippen molar-refractivity contribution in [3.8, 4) is 0 Å². The van der Waals surface area contributed by atoms with Gasteiger partial charge in [0.25, 0.3) is 5.91 Å². The molecule has 0 fully saturated rings. The van der Waals surface area contributed by atoms with Gasteiger partial charge in [-0.1, -0.05) is 6.07 Å². The Morgan fingerprint density at radius 2 is 1.85 bits per heavy atom. The average molecular weight is 406 g/mol. The molecule has 146 valence electrons. The minimum Gasteiger partial charge on any atom is -0.466 e.